The molecule has 0 spiro atoms. The van der Waals surface area contributed by atoms with Crippen LogP contribution in [0.3, 0.4) is 0 Å². The summed E-state index contributed by atoms with van der Waals surface area (Å²) in [7, 11) is 0. The number of halogens is 1. The maximum absolute atomic E-state index is 6.48. The molecular formula is C18H20ClNO. The first-order valence-electron chi connectivity index (χ1n) is 7.48. The molecule has 2 unspecified atom stereocenters. The quantitative estimate of drug-likeness (QED) is 0.877. The summed E-state index contributed by atoms with van der Waals surface area (Å²) in [6.07, 6.45) is 1.15. The molecule has 0 amide bonds. The molecule has 2 atom stereocenters. The van der Waals surface area contributed by atoms with Gasteiger partial charge in [-0.15, -0.1) is 0 Å². The van der Waals surface area contributed by atoms with Crippen LogP contribution >= 0.6 is 11.6 Å². The standard InChI is InChI=1S/C18H20ClNO/c1-3-20-17-9-12(2)21-18-15(17)10-14(11-16(18)19)13-7-5-4-6-8-13/h4-8,10-12,17,20H,3,9H2,1-2H3. The summed E-state index contributed by atoms with van der Waals surface area (Å²) in [6, 6.07) is 14.8. The second-order valence-electron chi connectivity index (χ2n) is 5.52. The molecule has 0 aliphatic carbocycles. The Hall–Kier alpha value is -1.51. The van der Waals surface area contributed by atoms with Crippen molar-refractivity contribution in [3.63, 3.8) is 0 Å². The molecule has 1 N–H and O–H groups in total. The first-order valence-corrected chi connectivity index (χ1v) is 7.85. The Labute approximate surface area is 131 Å². The number of hydrogen-bond acceptors (Lipinski definition) is 2. The molecule has 0 fully saturated rings. The molecular weight excluding hydrogens is 282 g/mol. The van der Waals surface area contributed by atoms with Crippen LogP contribution in [0.15, 0.2) is 42.5 Å². The van der Waals surface area contributed by atoms with Gasteiger partial charge in [-0.25, -0.2) is 0 Å². The third-order valence-corrected chi connectivity index (χ3v) is 4.17. The zero-order valence-corrected chi connectivity index (χ0v) is 13.2. The van der Waals surface area contributed by atoms with E-state index in [4.69, 9.17) is 16.3 Å². The monoisotopic (exact) mass is 301 g/mol. The van der Waals surface area contributed by atoms with Gasteiger partial charge in [-0.1, -0.05) is 48.9 Å². The van der Waals surface area contributed by atoms with Crippen molar-refractivity contribution in [1.29, 1.82) is 0 Å². The van der Waals surface area contributed by atoms with E-state index >= 15 is 0 Å². The number of hydrogen-bond donors (Lipinski definition) is 1. The lowest BCUT2D eigenvalue weighted by Crippen LogP contribution is -2.31. The summed E-state index contributed by atoms with van der Waals surface area (Å²) in [5, 5.41) is 4.23. The summed E-state index contributed by atoms with van der Waals surface area (Å²) in [5.74, 6) is 0.834. The smallest absolute Gasteiger partial charge is 0.143 e. The SMILES string of the molecule is CCNC1CC(C)Oc2c(Cl)cc(-c3ccccc3)cc21. The number of fused-ring (bicyclic) bond motifs is 1. The second kappa shape index (κ2) is 6.08. The van der Waals surface area contributed by atoms with E-state index in [9.17, 15) is 0 Å². The molecule has 0 aromatic heterocycles. The van der Waals surface area contributed by atoms with Crippen molar-refractivity contribution in [3.8, 4) is 16.9 Å². The van der Waals surface area contributed by atoms with E-state index in [1.54, 1.807) is 0 Å². The highest BCUT2D eigenvalue weighted by Crippen LogP contribution is 2.42. The first-order chi connectivity index (χ1) is 10.2. The van der Waals surface area contributed by atoms with Crippen molar-refractivity contribution in [1.82, 2.24) is 5.32 Å². The summed E-state index contributed by atoms with van der Waals surface area (Å²) >= 11 is 6.48. The normalized spacial score (nSPS) is 20.7. The van der Waals surface area contributed by atoms with Crippen molar-refractivity contribution in [2.45, 2.75) is 32.4 Å². The molecule has 0 radical (unpaired) electrons. The predicted molar refractivity (Wildman–Crippen MR) is 88.0 cm³/mol. The topological polar surface area (TPSA) is 21.3 Å². The van der Waals surface area contributed by atoms with Crippen molar-refractivity contribution >= 4 is 11.6 Å². The molecule has 2 aromatic carbocycles. The van der Waals surface area contributed by atoms with Crippen LogP contribution in [0.25, 0.3) is 11.1 Å². The number of benzene rings is 2. The van der Waals surface area contributed by atoms with Gasteiger partial charge in [-0.2, -0.15) is 0 Å². The van der Waals surface area contributed by atoms with Crippen LogP contribution in [0.1, 0.15) is 31.9 Å². The summed E-state index contributed by atoms with van der Waals surface area (Å²) in [6.45, 7) is 5.15. The van der Waals surface area contributed by atoms with Crippen LogP contribution in [-0.2, 0) is 0 Å². The average molecular weight is 302 g/mol. The Morgan fingerprint density at radius 2 is 1.95 bits per heavy atom. The fourth-order valence-corrected chi connectivity index (χ4v) is 3.21. The van der Waals surface area contributed by atoms with Gasteiger partial charge in [0.05, 0.1) is 11.1 Å². The summed E-state index contributed by atoms with van der Waals surface area (Å²) in [5.41, 5.74) is 3.48. The molecule has 2 aromatic rings. The molecule has 1 heterocycles. The van der Waals surface area contributed by atoms with Gasteiger partial charge in [0.1, 0.15) is 5.75 Å². The van der Waals surface area contributed by atoms with Gasteiger partial charge < -0.3 is 10.1 Å². The summed E-state index contributed by atoms with van der Waals surface area (Å²) < 4.78 is 5.96. The molecule has 1 aliphatic rings. The number of ether oxygens (including phenoxy) is 1. The molecule has 3 rings (SSSR count). The average Bonchev–Trinajstić information content (AvgIpc) is 2.49. The van der Waals surface area contributed by atoms with Gasteiger partial charge in [0.2, 0.25) is 0 Å². The van der Waals surface area contributed by atoms with E-state index in [0.29, 0.717) is 11.1 Å². The Morgan fingerprint density at radius 3 is 2.67 bits per heavy atom. The minimum Gasteiger partial charge on any atom is -0.489 e. The fraction of sp³-hybridized carbons (Fsp3) is 0.333. The zero-order valence-electron chi connectivity index (χ0n) is 12.4. The van der Waals surface area contributed by atoms with Crippen LogP contribution in [0.2, 0.25) is 5.02 Å². The van der Waals surface area contributed by atoms with E-state index in [1.807, 2.05) is 24.3 Å². The Morgan fingerprint density at radius 1 is 1.19 bits per heavy atom. The van der Waals surface area contributed by atoms with E-state index in [-0.39, 0.29) is 6.10 Å². The van der Waals surface area contributed by atoms with Gasteiger partial charge >= 0.3 is 0 Å². The van der Waals surface area contributed by atoms with E-state index in [2.05, 4.69) is 37.4 Å². The van der Waals surface area contributed by atoms with Crippen LogP contribution in [0, 0.1) is 0 Å². The van der Waals surface area contributed by atoms with Crippen molar-refractivity contribution < 1.29 is 4.74 Å². The van der Waals surface area contributed by atoms with Gasteiger partial charge in [-0.05, 0) is 36.7 Å². The van der Waals surface area contributed by atoms with Gasteiger partial charge in [-0.3, -0.25) is 0 Å². The van der Waals surface area contributed by atoms with Gasteiger partial charge in [0.25, 0.3) is 0 Å². The van der Waals surface area contributed by atoms with Crippen molar-refractivity contribution in [2.24, 2.45) is 0 Å². The van der Waals surface area contributed by atoms with E-state index in [0.717, 1.165) is 24.3 Å². The molecule has 2 nitrogen and oxygen atoms in total. The third-order valence-electron chi connectivity index (χ3n) is 3.89. The highest BCUT2D eigenvalue weighted by atomic mass is 35.5. The molecule has 110 valence electrons. The van der Waals surface area contributed by atoms with Crippen LogP contribution in [0.4, 0.5) is 0 Å². The molecule has 3 heteroatoms. The highest BCUT2D eigenvalue weighted by Gasteiger charge is 2.27. The number of nitrogens with one attached hydrogen (secondary N) is 1. The van der Waals surface area contributed by atoms with Crippen molar-refractivity contribution in [3.05, 3.63) is 53.1 Å². The third kappa shape index (κ3) is 2.92. The first kappa shape index (κ1) is 14.4. The second-order valence-corrected chi connectivity index (χ2v) is 5.92. The Bertz CT molecular complexity index is 627. The molecule has 21 heavy (non-hydrogen) atoms. The summed E-state index contributed by atoms with van der Waals surface area (Å²) in [4.78, 5) is 0. The molecule has 0 saturated heterocycles. The largest absolute Gasteiger partial charge is 0.489 e. The van der Waals surface area contributed by atoms with Gasteiger partial charge in [0.15, 0.2) is 0 Å². The predicted octanol–water partition coefficient (Wildman–Crippen LogP) is 4.83. The molecule has 1 aliphatic heterocycles. The van der Waals surface area contributed by atoms with Crippen molar-refractivity contribution in [2.75, 3.05) is 6.54 Å². The minimum atomic E-state index is 0.182. The molecule has 0 saturated carbocycles. The Balaban J connectivity index is 2.08. The number of rotatable bonds is 3. The lowest BCUT2D eigenvalue weighted by molar-refractivity contribution is 0.167. The van der Waals surface area contributed by atoms with Crippen LogP contribution in [0.5, 0.6) is 5.75 Å². The van der Waals surface area contributed by atoms with Crippen LogP contribution < -0.4 is 10.1 Å². The zero-order chi connectivity index (χ0) is 14.8. The minimum absolute atomic E-state index is 0.182. The maximum Gasteiger partial charge on any atom is 0.143 e. The van der Waals surface area contributed by atoms with Crippen LogP contribution in [-0.4, -0.2) is 12.6 Å². The highest BCUT2D eigenvalue weighted by molar-refractivity contribution is 6.32. The maximum atomic E-state index is 6.48. The molecule has 0 bridgehead atoms. The lowest BCUT2D eigenvalue weighted by atomic mass is 9.93. The van der Waals surface area contributed by atoms with E-state index in [1.165, 1.54) is 11.1 Å². The Kier molecular flexibility index (Phi) is 4.18. The lowest BCUT2D eigenvalue weighted by Gasteiger charge is -2.32. The fourth-order valence-electron chi connectivity index (χ4n) is 2.94. The van der Waals surface area contributed by atoms with Gasteiger partial charge in [0, 0.05) is 18.0 Å². The van der Waals surface area contributed by atoms with E-state index < -0.39 is 0 Å².